The van der Waals surface area contributed by atoms with Crippen molar-refractivity contribution in [2.45, 2.75) is 83.1 Å². The molecule has 0 saturated heterocycles. The Morgan fingerprint density at radius 2 is 0.719 bits per heavy atom. The van der Waals surface area contributed by atoms with Crippen LogP contribution < -0.4 is 0 Å². The topological polar surface area (TPSA) is 83.6 Å². The third-order valence-electron chi connectivity index (χ3n) is 9.26. The molecular weight excluding hydrogens is 814 g/mol. The van der Waals surface area contributed by atoms with Crippen LogP contribution in [0.5, 0.6) is 0 Å². The molecule has 0 fully saturated rings. The zero-order valence-electron chi connectivity index (χ0n) is 34.5. The van der Waals surface area contributed by atoms with Gasteiger partial charge >= 0.3 is 0 Å². The van der Waals surface area contributed by atoms with E-state index in [1.807, 2.05) is 120 Å². The van der Waals surface area contributed by atoms with E-state index in [1.54, 1.807) is 36.4 Å². The fourth-order valence-corrected chi connectivity index (χ4v) is 8.31. The van der Waals surface area contributed by atoms with Gasteiger partial charge in [-0.05, 0) is 94.5 Å². The molecule has 0 atom stereocenters. The number of carbonyl (C=O) groups excluding carboxylic acids is 2. The van der Waals surface area contributed by atoms with Crippen LogP contribution >= 0.6 is 57.7 Å². The van der Waals surface area contributed by atoms with Gasteiger partial charge in [0.2, 0.25) is 0 Å². The Kier molecular flexibility index (Phi) is 12.8. The number of thiophene rings is 1. The van der Waals surface area contributed by atoms with E-state index >= 15 is 0 Å². The summed E-state index contributed by atoms with van der Waals surface area (Å²) in [5.74, 6) is 0.0126. The van der Waals surface area contributed by atoms with Crippen LogP contribution in [0.2, 0.25) is 20.1 Å². The minimum Gasteiger partial charge on any atom is -0.289 e. The van der Waals surface area contributed by atoms with Crippen LogP contribution in [-0.4, -0.2) is 11.6 Å². The summed E-state index contributed by atoms with van der Waals surface area (Å²) in [4.78, 5) is 29.5. The molecule has 0 unspecified atom stereocenters. The van der Waals surface area contributed by atoms with Crippen molar-refractivity contribution in [3.63, 3.8) is 0 Å². The first kappa shape index (κ1) is 44.4. The van der Waals surface area contributed by atoms with Gasteiger partial charge < -0.3 is 0 Å². The Bertz CT molecular complexity index is 2130. The fraction of sp³-hybridized carbons (Fsp3) is 0.348. The Balaban J connectivity index is 1.85. The summed E-state index contributed by atoms with van der Waals surface area (Å²) in [6.07, 6.45) is 7.67. The summed E-state index contributed by atoms with van der Waals surface area (Å²) in [5.41, 5.74) is 4.34. The maximum Gasteiger partial charge on any atom is 0.186 e. The fourth-order valence-electron chi connectivity index (χ4n) is 6.26. The number of benzene rings is 2. The number of allylic oxidation sites excluding steroid dienone is 10. The Morgan fingerprint density at radius 1 is 0.456 bits per heavy atom. The molecule has 5 rings (SSSR count). The Morgan fingerprint density at radius 3 is 0.965 bits per heavy atom. The highest BCUT2D eigenvalue weighted by Crippen LogP contribution is 2.45. The molecular formula is C46H48Cl4N4O2S. The van der Waals surface area contributed by atoms with E-state index in [1.165, 1.54) is 11.3 Å². The molecule has 0 aliphatic heterocycles. The molecule has 1 aromatic heterocycles. The second-order valence-corrected chi connectivity index (χ2v) is 21.1. The molecule has 2 aliphatic carbocycles. The summed E-state index contributed by atoms with van der Waals surface area (Å²) in [6, 6.07) is 13.9. The van der Waals surface area contributed by atoms with Crippen molar-refractivity contribution in [1.29, 1.82) is 0 Å². The predicted octanol–water partition coefficient (Wildman–Crippen LogP) is 16.4. The van der Waals surface area contributed by atoms with Gasteiger partial charge in [0, 0.05) is 53.5 Å². The summed E-state index contributed by atoms with van der Waals surface area (Å²) >= 11 is 26.9. The highest BCUT2D eigenvalue weighted by Gasteiger charge is 2.36. The van der Waals surface area contributed by atoms with Crippen molar-refractivity contribution in [3.05, 3.63) is 136 Å². The van der Waals surface area contributed by atoms with Crippen molar-refractivity contribution >= 4 is 92.1 Å². The van der Waals surface area contributed by atoms with Gasteiger partial charge in [0.25, 0.3) is 0 Å². The van der Waals surface area contributed by atoms with Gasteiger partial charge in [-0.2, -0.15) is 10.2 Å². The van der Waals surface area contributed by atoms with Crippen LogP contribution in [0.3, 0.4) is 0 Å². The van der Waals surface area contributed by atoms with Crippen LogP contribution in [0.4, 0.5) is 11.4 Å². The minimum absolute atomic E-state index is 0.00630. The number of rotatable bonds is 6. The van der Waals surface area contributed by atoms with Gasteiger partial charge in [-0.3, -0.25) is 9.59 Å². The van der Waals surface area contributed by atoms with Crippen molar-refractivity contribution < 1.29 is 9.59 Å². The first-order chi connectivity index (χ1) is 26.2. The molecule has 6 nitrogen and oxygen atoms in total. The number of hydrogen-bond donors (Lipinski definition) is 0. The van der Waals surface area contributed by atoms with E-state index in [9.17, 15) is 9.59 Å². The summed E-state index contributed by atoms with van der Waals surface area (Å²) in [7, 11) is 0. The van der Waals surface area contributed by atoms with Gasteiger partial charge in [-0.15, -0.1) is 21.6 Å². The van der Waals surface area contributed by atoms with E-state index in [0.717, 1.165) is 20.9 Å². The zero-order chi connectivity index (χ0) is 42.4. The maximum absolute atomic E-state index is 14.0. The molecule has 0 saturated carbocycles. The predicted molar refractivity (Wildman–Crippen MR) is 240 cm³/mol. The number of ketones is 2. The lowest BCUT2D eigenvalue weighted by atomic mass is 9.71. The Hall–Kier alpha value is -3.72. The van der Waals surface area contributed by atoms with Crippen LogP contribution in [0.15, 0.2) is 127 Å². The average molecular weight is 863 g/mol. The van der Waals surface area contributed by atoms with Gasteiger partial charge in [0.05, 0.1) is 21.1 Å². The smallest absolute Gasteiger partial charge is 0.186 e. The van der Waals surface area contributed by atoms with Gasteiger partial charge in [0.15, 0.2) is 11.6 Å². The van der Waals surface area contributed by atoms with Gasteiger partial charge in [-0.1, -0.05) is 129 Å². The van der Waals surface area contributed by atoms with E-state index in [0.29, 0.717) is 65.2 Å². The molecule has 11 heteroatoms. The van der Waals surface area contributed by atoms with Gasteiger partial charge in [-0.25, -0.2) is 0 Å². The average Bonchev–Trinajstić information content (AvgIpc) is 3.52. The number of azo groups is 2. The normalized spacial score (nSPS) is 16.0. The van der Waals surface area contributed by atoms with Crippen LogP contribution in [0.1, 0.15) is 92.8 Å². The quantitative estimate of drug-likeness (QED) is 0.231. The van der Waals surface area contributed by atoms with E-state index in [-0.39, 0.29) is 11.6 Å². The summed E-state index contributed by atoms with van der Waals surface area (Å²) in [6.45, 7) is 24.4. The number of hydrogen-bond acceptors (Lipinski definition) is 7. The lowest BCUT2D eigenvalue weighted by molar-refractivity contribution is -0.114. The molecule has 3 aromatic rings. The molecule has 0 amide bonds. The van der Waals surface area contributed by atoms with E-state index < -0.39 is 21.7 Å². The monoisotopic (exact) mass is 860 g/mol. The summed E-state index contributed by atoms with van der Waals surface area (Å²) in [5, 5.41) is 20.7. The van der Waals surface area contributed by atoms with E-state index in [4.69, 9.17) is 56.6 Å². The largest absolute Gasteiger partial charge is 0.289 e. The molecule has 0 radical (unpaired) electrons. The lowest BCUT2D eigenvalue weighted by Crippen LogP contribution is -2.28. The second-order valence-electron chi connectivity index (χ2n) is 18.3. The van der Waals surface area contributed by atoms with Crippen molar-refractivity contribution in [2.24, 2.45) is 42.1 Å². The highest BCUT2D eigenvalue weighted by atomic mass is 35.5. The van der Waals surface area contributed by atoms with Gasteiger partial charge in [0.1, 0.15) is 11.4 Å². The molecule has 0 spiro atoms. The SMILES string of the molecule is CC(C)(C)C1=CC(=C(N=Nc2cc(Cl)cc(Cl)c2)c2ccc(C(N=Nc3cc(Cl)cc(Cl)c3)=C3C=C(C(C)(C)C)C(=O)C(C(C)(C)C)=C3)s2)C=C(C(C)(C)C)C1=O. The first-order valence-corrected chi connectivity index (χ1v) is 20.9. The molecule has 2 aromatic carbocycles. The van der Waals surface area contributed by atoms with Crippen LogP contribution in [-0.2, 0) is 9.59 Å². The van der Waals surface area contributed by atoms with Crippen molar-refractivity contribution in [3.8, 4) is 0 Å². The number of nitrogens with zero attached hydrogens (tertiary/aromatic N) is 4. The molecule has 298 valence electrons. The van der Waals surface area contributed by atoms with Crippen molar-refractivity contribution in [1.82, 2.24) is 0 Å². The number of halogens is 4. The standard InChI is InChI=1S/C46H48Cl4N4O2S/c1-43(2,3)33-15-25(16-34(41(33)55)44(4,5)6)39(53-51-31-21-27(47)19-28(48)22-31)37-13-14-38(57-37)40(54-52-32-23-29(49)20-30(50)24-32)26-17-35(45(7,8)9)42(56)36(18-26)46(10,11)12/h13-24H,1-12H3. The van der Waals surface area contributed by atoms with Crippen LogP contribution in [0.25, 0.3) is 11.4 Å². The minimum atomic E-state index is -0.454. The molecule has 0 bridgehead atoms. The Labute approximate surface area is 360 Å². The highest BCUT2D eigenvalue weighted by molar-refractivity contribution is 7.14. The molecule has 2 aliphatic rings. The van der Waals surface area contributed by atoms with Crippen LogP contribution in [0, 0.1) is 21.7 Å². The molecule has 0 N–H and O–H groups in total. The third kappa shape index (κ3) is 10.7. The summed E-state index contributed by atoms with van der Waals surface area (Å²) < 4.78 is 0. The molecule has 1 heterocycles. The number of Topliss-reactive ketones (excluding diaryl/α,β-unsaturated/α-hetero) is 2. The second kappa shape index (κ2) is 16.5. The number of carbonyl (C=O) groups is 2. The van der Waals surface area contributed by atoms with Crippen molar-refractivity contribution in [2.75, 3.05) is 0 Å². The first-order valence-electron chi connectivity index (χ1n) is 18.6. The zero-order valence-corrected chi connectivity index (χ0v) is 38.3. The van der Waals surface area contributed by atoms with E-state index in [2.05, 4.69) is 10.2 Å². The molecule has 57 heavy (non-hydrogen) atoms. The third-order valence-corrected chi connectivity index (χ3v) is 11.2. The lowest BCUT2D eigenvalue weighted by Gasteiger charge is -2.31. The maximum atomic E-state index is 14.0.